The summed E-state index contributed by atoms with van der Waals surface area (Å²) in [7, 11) is 1.70. The molecule has 0 aromatic heterocycles. The van der Waals surface area contributed by atoms with E-state index in [0.29, 0.717) is 25.7 Å². The number of aryl methyl sites for hydroxylation is 1. The quantitative estimate of drug-likeness (QED) is 0.450. The molecule has 0 fully saturated rings. The summed E-state index contributed by atoms with van der Waals surface area (Å²) in [4.78, 5) is 25.2. The number of rotatable bonds is 11. The van der Waals surface area contributed by atoms with E-state index in [2.05, 4.69) is 0 Å². The zero-order chi connectivity index (χ0) is 23.6. The predicted molar refractivity (Wildman–Crippen MR) is 127 cm³/mol. The van der Waals surface area contributed by atoms with Gasteiger partial charge in [0, 0.05) is 7.05 Å². The SMILES string of the molecule is CN(C(=O)[C@@H](N)CCc1ccc(-c2ccc(F)cc2)cc1)[C@H](COC=O)Cc1ccccc1. The molecule has 1 amide bonds. The maximum Gasteiger partial charge on any atom is 0.293 e. The minimum atomic E-state index is -0.665. The Bertz CT molecular complexity index is 1020. The molecule has 0 heterocycles. The summed E-state index contributed by atoms with van der Waals surface area (Å²) in [5, 5.41) is 0. The molecule has 2 atom stereocenters. The molecule has 0 bridgehead atoms. The summed E-state index contributed by atoms with van der Waals surface area (Å²) in [6, 6.07) is 23.1. The lowest BCUT2D eigenvalue weighted by Gasteiger charge is -2.30. The molecule has 0 aliphatic heterocycles. The maximum atomic E-state index is 13.1. The number of nitrogens with two attached hydrogens (primary N) is 1. The van der Waals surface area contributed by atoms with Gasteiger partial charge in [-0.15, -0.1) is 0 Å². The van der Waals surface area contributed by atoms with E-state index < -0.39 is 6.04 Å². The molecule has 0 aliphatic rings. The molecule has 0 unspecified atom stereocenters. The average molecular weight is 449 g/mol. The van der Waals surface area contributed by atoms with Crippen LogP contribution in [0.4, 0.5) is 4.39 Å². The van der Waals surface area contributed by atoms with Gasteiger partial charge in [0.05, 0.1) is 12.1 Å². The van der Waals surface area contributed by atoms with E-state index in [1.54, 1.807) is 24.1 Å². The lowest BCUT2D eigenvalue weighted by molar-refractivity contribution is -0.138. The van der Waals surface area contributed by atoms with Crippen molar-refractivity contribution in [3.63, 3.8) is 0 Å². The summed E-state index contributed by atoms with van der Waals surface area (Å²) >= 11 is 0. The van der Waals surface area contributed by atoms with Crippen molar-refractivity contribution in [2.75, 3.05) is 13.7 Å². The van der Waals surface area contributed by atoms with Gasteiger partial charge in [-0.1, -0.05) is 66.7 Å². The monoisotopic (exact) mass is 448 g/mol. The second-order valence-electron chi connectivity index (χ2n) is 8.07. The average Bonchev–Trinajstić information content (AvgIpc) is 2.85. The molecule has 3 rings (SSSR count). The molecule has 0 spiro atoms. The fourth-order valence-electron chi connectivity index (χ4n) is 3.74. The number of carbonyl (C=O) groups excluding carboxylic acids is 2. The molecule has 6 heteroatoms. The summed E-state index contributed by atoms with van der Waals surface area (Å²) in [5.74, 6) is -0.448. The number of nitrogens with zero attached hydrogens (tertiary/aromatic N) is 1. The Kier molecular flexibility index (Phi) is 8.72. The Morgan fingerprint density at radius 2 is 1.58 bits per heavy atom. The summed E-state index contributed by atoms with van der Waals surface area (Å²) in [6.45, 7) is 0.504. The number of carbonyl (C=O) groups is 2. The van der Waals surface area contributed by atoms with Gasteiger partial charge in [-0.25, -0.2) is 4.39 Å². The van der Waals surface area contributed by atoms with E-state index in [1.807, 2.05) is 54.6 Å². The first-order valence-electron chi connectivity index (χ1n) is 10.9. The first kappa shape index (κ1) is 24.1. The minimum absolute atomic E-state index is 0.109. The Labute approximate surface area is 194 Å². The highest BCUT2D eigenvalue weighted by atomic mass is 19.1. The van der Waals surface area contributed by atoms with Crippen molar-refractivity contribution in [3.8, 4) is 11.1 Å². The van der Waals surface area contributed by atoms with Gasteiger partial charge in [0.2, 0.25) is 5.91 Å². The highest BCUT2D eigenvalue weighted by Crippen LogP contribution is 2.21. The lowest BCUT2D eigenvalue weighted by Crippen LogP contribution is -2.49. The van der Waals surface area contributed by atoms with Crippen molar-refractivity contribution in [2.45, 2.75) is 31.3 Å². The van der Waals surface area contributed by atoms with Crippen LogP contribution >= 0.6 is 0 Å². The number of hydrogen-bond acceptors (Lipinski definition) is 4. The van der Waals surface area contributed by atoms with Crippen molar-refractivity contribution in [1.29, 1.82) is 0 Å². The van der Waals surface area contributed by atoms with Crippen LogP contribution in [0, 0.1) is 5.82 Å². The third-order valence-corrected chi connectivity index (χ3v) is 5.76. The fourth-order valence-corrected chi connectivity index (χ4v) is 3.74. The molecular weight excluding hydrogens is 419 g/mol. The minimum Gasteiger partial charge on any atom is -0.466 e. The van der Waals surface area contributed by atoms with E-state index in [4.69, 9.17) is 10.5 Å². The van der Waals surface area contributed by atoms with Crippen molar-refractivity contribution in [2.24, 2.45) is 5.73 Å². The Balaban J connectivity index is 1.57. The van der Waals surface area contributed by atoms with Crippen LogP contribution in [0.1, 0.15) is 17.5 Å². The van der Waals surface area contributed by atoms with Crippen LogP contribution in [0.15, 0.2) is 78.9 Å². The molecule has 3 aromatic carbocycles. The standard InChI is InChI=1S/C27H29FN2O3/c1-30(25(18-33-19-31)17-21-5-3-2-4-6-21)27(32)26(29)16-9-20-7-10-22(11-8-20)23-12-14-24(28)15-13-23/h2-8,10-15,19,25-26H,9,16-18,29H2,1H3/t25-,26-/m0/s1. The number of benzene rings is 3. The normalized spacial score (nSPS) is 12.6. The van der Waals surface area contributed by atoms with Gasteiger partial charge in [0.15, 0.2) is 0 Å². The number of amides is 1. The van der Waals surface area contributed by atoms with E-state index >= 15 is 0 Å². The molecule has 0 radical (unpaired) electrons. The molecule has 172 valence electrons. The number of ether oxygens (including phenoxy) is 1. The summed E-state index contributed by atoms with van der Waals surface area (Å²) < 4.78 is 18.1. The first-order valence-corrected chi connectivity index (χ1v) is 10.9. The maximum absolute atomic E-state index is 13.1. The van der Waals surface area contributed by atoms with Gasteiger partial charge in [0.1, 0.15) is 12.4 Å². The largest absolute Gasteiger partial charge is 0.466 e. The van der Waals surface area contributed by atoms with E-state index in [1.165, 1.54) is 12.1 Å². The van der Waals surface area contributed by atoms with Crippen LogP contribution in [0.3, 0.4) is 0 Å². The van der Waals surface area contributed by atoms with Crippen LogP contribution in [0.2, 0.25) is 0 Å². The fraction of sp³-hybridized carbons (Fsp3) is 0.259. The van der Waals surface area contributed by atoms with Crippen LogP contribution in [-0.4, -0.2) is 43.0 Å². The van der Waals surface area contributed by atoms with E-state index in [9.17, 15) is 14.0 Å². The third kappa shape index (κ3) is 6.99. The van der Waals surface area contributed by atoms with Crippen LogP contribution in [-0.2, 0) is 27.2 Å². The van der Waals surface area contributed by atoms with Gasteiger partial charge < -0.3 is 15.4 Å². The van der Waals surface area contributed by atoms with E-state index in [-0.39, 0.29) is 24.4 Å². The van der Waals surface area contributed by atoms with Crippen molar-refractivity contribution < 1.29 is 18.7 Å². The second kappa shape index (κ2) is 11.9. The molecule has 0 saturated heterocycles. The Hall–Kier alpha value is -3.51. The molecular formula is C27H29FN2O3. The number of hydrogen-bond donors (Lipinski definition) is 1. The third-order valence-electron chi connectivity index (χ3n) is 5.76. The van der Waals surface area contributed by atoms with Crippen molar-refractivity contribution in [3.05, 3.63) is 95.8 Å². The molecule has 2 N–H and O–H groups in total. The Morgan fingerprint density at radius 1 is 0.970 bits per heavy atom. The molecule has 5 nitrogen and oxygen atoms in total. The number of likely N-dealkylation sites (N-methyl/N-ethyl adjacent to an activating group) is 1. The van der Waals surface area contributed by atoms with Gasteiger partial charge in [0.25, 0.3) is 6.47 Å². The van der Waals surface area contributed by atoms with Gasteiger partial charge in [-0.2, -0.15) is 0 Å². The molecule has 0 saturated carbocycles. The van der Waals surface area contributed by atoms with Crippen LogP contribution in [0.25, 0.3) is 11.1 Å². The smallest absolute Gasteiger partial charge is 0.293 e. The topological polar surface area (TPSA) is 72.6 Å². The van der Waals surface area contributed by atoms with Crippen LogP contribution < -0.4 is 5.73 Å². The first-order chi connectivity index (χ1) is 16.0. The summed E-state index contributed by atoms with van der Waals surface area (Å²) in [5.41, 5.74) is 10.3. The van der Waals surface area contributed by atoms with Gasteiger partial charge >= 0.3 is 0 Å². The zero-order valence-electron chi connectivity index (χ0n) is 18.7. The molecule has 3 aromatic rings. The summed E-state index contributed by atoms with van der Waals surface area (Å²) in [6.07, 6.45) is 1.71. The van der Waals surface area contributed by atoms with E-state index in [0.717, 1.165) is 22.3 Å². The zero-order valence-corrected chi connectivity index (χ0v) is 18.7. The highest BCUT2D eigenvalue weighted by molar-refractivity contribution is 5.81. The lowest BCUT2D eigenvalue weighted by atomic mass is 10.00. The van der Waals surface area contributed by atoms with Crippen molar-refractivity contribution in [1.82, 2.24) is 4.90 Å². The highest BCUT2D eigenvalue weighted by Gasteiger charge is 2.25. The van der Waals surface area contributed by atoms with Gasteiger partial charge in [-0.05, 0) is 53.6 Å². The predicted octanol–water partition coefficient (Wildman–Crippen LogP) is 4.00. The van der Waals surface area contributed by atoms with Crippen LogP contribution in [0.5, 0.6) is 0 Å². The van der Waals surface area contributed by atoms with Gasteiger partial charge in [-0.3, -0.25) is 9.59 Å². The Morgan fingerprint density at radius 3 is 2.18 bits per heavy atom. The second-order valence-corrected chi connectivity index (χ2v) is 8.07. The number of halogens is 1. The molecule has 0 aliphatic carbocycles. The molecule has 33 heavy (non-hydrogen) atoms. The van der Waals surface area contributed by atoms with Crippen molar-refractivity contribution >= 4 is 12.4 Å².